The number of methoxy groups -OCH3 is 2. The van der Waals surface area contributed by atoms with Crippen molar-refractivity contribution in [2.24, 2.45) is 23.5 Å². The third-order valence-corrected chi connectivity index (χ3v) is 16.9. The van der Waals surface area contributed by atoms with Crippen molar-refractivity contribution in [2.45, 2.75) is 141 Å². The van der Waals surface area contributed by atoms with E-state index in [9.17, 15) is 58.2 Å². The number of nitrogens with one attached hydrogen (secondary N) is 6. The first kappa shape index (κ1) is 77.0. The number of carbonyl (C=O) groups excluding carboxylic acids is 10. The van der Waals surface area contributed by atoms with Gasteiger partial charge in [-0.25, -0.2) is 19.2 Å². The number of ether oxygens (including phenoxy) is 6. The Hall–Kier alpha value is -7.71. The zero-order chi connectivity index (χ0) is 69.7. The molecule has 2 fully saturated rings. The number of rotatable bonds is 26. The molecule has 518 valence electrons. The highest BCUT2D eigenvalue weighted by Gasteiger charge is 2.49. The van der Waals surface area contributed by atoms with Crippen LogP contribution in [0.4, 0.5) is 21.0 Å². The minimum atomic E-state index is -2.00. The van der Waals surface area contributed by atoms with Crippen molar-refractivity contribution < 1.29 is 91.4 Å². The van der Waals surface area contributed by atoms with Gasteiger partial charge in [0.25, 0.3) is 17.7 Å². The summed E-state index contributed by atoms with van der Waals surface area (Å²) >= 11 is 19.0. The summed E-state index contributed by atoms with van der Waals surface area (Å²) in [5, 5.41) is 40.8. The summed E-state index contributed by atoms with van der Waals surface area (Å²) in [7, 11) is 5.59. The maximum absolute atomic E-state index is 14.5. The Morgan fingerprint density at radius 3 is 2.23 bits per heavy atom. The molecule has 3 aliphatic heterocycles. The average molecular weight is 1380 g/mol. The normalized spacial score (nSPS) is 22.9. The number of urea groups is 1. The molecule has 2 saturated heterocycles. The predicted octanol–water partition coefficient (Wildman–Crippen LogP) is 3.71. The summed E-state index contributed by atoms with van der Waals surface area (Å²) in [4.78, 5) is 138. The molecule has 10 N–H and O–H groups in total. The Kier molecular flexibility index (Phi) is 29.7. The molecule has 0 aromatic heterocycles. The quantitative estimate of drug-likeness (QED) is 0.0280. The Balaban J connectivity index is 1.25. The lowest BCUT2D eigenvalue weighted by molar-refractivity contribution is -0.198. The number of halogens is 2. The van der Waals surface area contributed by atoms with Crippen molar-refractivity contribution in [1.29, 1.82) is 0 Å². The van der Waals surface area contributed by atoms with Gasteiger partial charge in [0.15, 0.2) is 10.8 Å². The number of allylic oxidation sites excluding steroid dienone is 3. The fraction of sp³-hybridized carbons (Fsp3) is 0.565. The standard InChI is InChI=1S/C62H86Cl2N10O19S/c1-33(2)53(70-60(94)67-22-24-90-26-25-89-23-20-51(78)93-74-48(75)18-19-49(74)76)56(81)69-42(14-12-21-66-59(65)84)55(80)68-39-16-17-40(41(63)30-39)57(82)72(7)37(6)58(83)91-44-31-50(77)73(8)43-28-38(29-45(87-9)52(43)64)27-34(3)13-11-15-47(88-10)62(86)32-46(92-61(85)71-62)36(5)54(79)35(44)4/h11,13,15-17,28-30,33,35-37,42,44,46-47,53-54,79,86H,12,14,18-27,31-32H2,1-10H3,(H,68,80)(H,69,81)(H,71,85)(H3,65,66,84)(H2,67,70,94)/b15-11+,34-13+/t35-,36-,37+,42+,44+,46+,47-,53+,54-,62+/m1/s1. The smallest absolute Gasteiger partial charge is 0.409 e. The van der Waals surface area contributed by atoms with Crippen LogP contribution in [0.5, 0.6) is 5.75 Å². The van der Waals surface area contributed by atoms with E-state index in [2.05, 4.69) is 31.9 Å². The first-order chi connectivity index (χ1) is 44.4. The topological polar surface area (TPSA) is 384 Å². The maximum atomic E-state index is 14.5. The molecule has 94 heavy (non-hydrogen) atoms. The number of imide groups is 1. The van der Waals surface area contributed by atoms with Crippen LogP contribution in [0.25, 0.3) is 0 Å². The first-order valence-corrected chi connectivity index (χ1v) is 31.6. The molecule has 9 amide bonds. The van der Waals surface area contributed by atoms with E-state index in [0.29, 0.717) is 17.0 Å². The van der Waals surface area contributed by atoms with Crippen LogP contribution in [-0.2, 0) is 68.5 Å². The van der Waals surface area contributed by atoms with E-state index in [1.165, 1.54) is 65.3 Å². The van der Waals surface area contributed by atoms with Crippen LogP contribution in [0, 0.1) is 17.8 Å². The van der Waals surface area contributed by atoms with Crippen molar-refractivity contribution in [3.63, 3.8) is 0 Å². The summed E-state index contributed by atoms with van der Waals surface area (Å²) in [6.07, 6.45) is -1.45. The summed E-state index contributed by atoms with van der Waals surface area (Å²) < 4.78 is 33.9. The number of esters is 1. The number of nitrogens with zero attached hydrogens (tertiary/aromatic N) is 3. The molecule has 0 radical (unpaired) electrons. The van der Waals surface area contributed by atoms with Crippen LogP contribution in [0.2, 0.25) is 10.0 Å². The van der Waals surface area contributed by atoms with Crippen LogP contribution in [0.1, 0.15) is 102 Å². The van der Waals surface area contributed by atoms with E-state index in [1.807, 2.05) is 6.92 Å². The number of hydrogen-bond donors (Lipinski definition) is 9. The number of alkyl carbamates (subject to hydrolysis) is 1. The Labute approximate surface area is 560 Å². The van der Waals surface area contributed by atoms with Gasteiger partial charge in [-0.1, -0.05) is 74.7 Å². The minimum absolute atomic E-state index is 0.0170. The van der Waals surface area contributed by atoms with Gasteiger partial charge in [0, 0.05) is 71.1 Å². The van der Waals surface area contributed by atoms with Crippen LogP contribution >= 0.6 is 35.4 Å². The molecule has 3 aliphatic rings. The number of hydrogen-bond acceptors (Lipinski definition) is 20. The molecule has 2 aromatic carbocycles. The van der Waals surface area contributed by atoms with Crippen molar-refractivity contribution >= 4 is 111 Å². The van der Waals surface area contributed by atoms with E-state index in [0.717, 1.165) is 10.5 Å². The van der Waals surface area contributed by atoms with E-state index in [1.54, 1.807) is 51.1 Å². The van der Waals surface area contributed by atoms with Crippen LogP contribution in [-0.4, -0.2) is 201 Å². The number of benzene rings is 2. The molecule has 3 heterocycles. The van der Waals surface area contributed by atoms with Gasteiger partial charge in [0.05, 0.1) is 68.8 Å². The number of aliphatic hydroxyl groups is 2. The molecule has 32 heteroatoms. The van der Waals surface area contributed by atoms with Gasteiger partial charge < -0.3 is 85.6 Å². The van der Waals surface area contributed by atoms with E-state index in [4.69, 9.17) is 74.4 Å². The van der Waals surface area contributed by atoms with Gasteiger partial charge in [0.2, 0.25) is 17.7 Å². The van der Waals surface area contributed by atoms with E-state index in [-0.39, 0.29) is 122 Å². The first-order valence-electron chi connectivity index (χ1n) is 30.5. The number of primary amides is 1. The number of amides is 9. The summed E-state index contributed by atoms with van der Waals surface area (Å²) in [5.74, 6) is -7.73. The Bertz CT molecular complexity index is 3140. The number of nitrogens with two attached hydrogens (primary N) is 1. The monoisotopic (exact) mass is 1380 g/mol. The van der Waals surface area contributed by atoms with Crippen molar-refractivity contribution in [1.82, 2.24) is 36.5 Å². The summed E-state index contributed by atoms with van der Waals surface area (Å²) in [6, 6.07) is 3.10. The van der Waals surface area contributed by atoms with Gasteiger partial charge in [-0.05, 0) is 87.1 Å². The fourth-order valence-electron chi connectivity index (χ4n) is 10.3. The lowest BCUT2D eigenvalue weighted by Crippen LogP contribution is -2.64. The van der Waals surface area contributed by atoms with Crippen molar-refractivity contribution in [2.75, 3.05) is 78.0 Å². The number of aliphatic hydroxyl groups excluding tert-OH is 1. The molecule has 0 spiro atoms. The largest absolute Gasteiger partial charge is 0.495 e. The fourth-order valence-corrected chi connectivity index (χ4v) is 11.1. The SMILES string of the molecule is COc1cc2cc(c1Cl)N(C)C(=O)C[C@H](OC(=O)[C@H](C)N(C)C(=O)c1ccc(NC(=O)[C@H](CCCNC(N)=O)NC(=O)[C@@H](NC(=S)NCCOCCOCCC(=O)ON3C(=O)CCC3=O)C(C)C)cc1Cl)[C@@H](C)[C@@H](O)[C@H](C)[C@@H]1C[C@@](O)(NC(=O)O1)[C@H](OC)/C=C/C=C(\C)C2. The zero-order valence-electron chi connectivity index (χ0n) is 54.2. The third-order valence-electron chi connectivity index (χ3n) is 16.0. The highest BCUT2D eigenvalue weighted by atomic mass is 35.5. The number of anilines is 2. The third kappa shape index (κ3) is 21.9. The molecule has 10 atom stereocenters. The summed E-state index contributed by atoms with van der Waals surface area (Å²) in [5.41, 5.74) is 5.08. The molecule has 29 nitrogen and oxygen atoms in total. The van der Waals surface area contributed by atoms with Crippen molar-refractivity contribution in [3.8, 4) is 5.75 Å². The Morgan fingerprint density at radius 1 is 0.915 bits per heavy atom. The Morgan fingerprint density at radius 2 is 1.60 bits per heavy atom. The molecule has 0 saturated carbocycles. The number of thiocarbonyl (C=S) groups is 1. The van der Waals surface area contributed by atoms with Crippen LogP contribution in [0.3, 0.4) is 0 Å². The van der Waals surface area contributed by atoms with Gasteiger partial charge in [0.1, 0.15) is 47.2 Å². The maximum Gasteiger partial charge on any atom is 0.409 e. The van der Waals surface area contributed by atoms with Crippen LogP contribution < -0.4 is 47.3 Å². The van der Waals surface area contributed by atoms with Crippen LogP contribution in [0.15, 0.2) is 54.1 Å². The lowest BCUT2D eigenvalue weighted by Gasteiger charge is -2.43. The van der Waals surface area contributed by atoms with Gasteiger partial charge >= 0.3 is 24.1 Å². The second-order valence-electron chi connectivity index (χ2n) is 23.3. The zero-order valence-corrected chi connectivity index (χ0v) is 56.5. The molecule has 2 aromatic rings. The van der Waals surface area contributed by atoms with E-state index >= 15 is 0 Å². The molecule has 5 rings (SSSR count). The van der Waals surface area contributed by atoms with E-state index < -0.39 is 126 Å². The van der Waals surface area contributed by atoms with Gasteiger partial charge in [-0.3, -0.25) is 34.1 Å². The number of hydroxylamine groups is 2. The molecular weight excluding hydrogens is 1290 g/mol. The number of carbonyl (C=O) groups is 10. The second kappa shape index (κ2) is 36.3. The molecular formula is C62H86Cl2N10O19S. The molecule has 0 aliphatic carbocycles. The predicted molar refractivity (Wildman–Crippen MR) is 347 cm³/mol. The molecule has 0 unspecified atom stereocenters. The second-order valence-corrected chi connectivity index (χ2v) is 24.5. The number of fused-ring (bicyclic) bond motifs is 4. The minimum Gasteiger partial charge on any atom is -0.495 e. The van der Waals surface area contributed by atoms with Gasteiger partial charge in [-0.15, -0.1) is 5.06 Å². The highest BCUT2D eigenvalue weighted by molar-refractivity contribution is 7.80. The van der Waals surface area contributed by atoms with Gasteiger partial charge in [-0.2, -0.15) is 0 Å². The number of likely N-dealkylation sites (N-methyl/N-ethyl adjacent to an activating group) is 1. The van der Waals surface area contributed by atoms with Crippen molar-refractivity contribution in [3.05, 3.63) is 75.3 Å². The average Bonchev–Trinajstić information content (AvgIpc) is 0.937. The summed E-state index contributed by atoms with van der Waals surface area (Å²) in [6.45, 7) is 10.6. The highest BCUT2D eigenvalue weighted by Crippen LogP contribution is 2.38. The lowest BCUT2D eigenvalue weighted by atomic mass is 9.81. The molecule has 4 bridgehead atoms.